The van der Waals surface area contributed by atoms with Crippen LogP contribution in [0.25, 0.3) is 0 Å². The molecule has 2 rings (SSSR count). The molecule has 2 nitrogen and oxygen atoms in total. The minimum Gasteiger partial charge on any atom is -0.368 e. The van der Waals surface area contributed by atoms with Gasteiger partial charge in [0, 0.05) is 24.3 Å². The third-order valence-electron chi connectivity index (χ3n) is 4.92. The first kappa shape index (κ1) is 14.4. The Kier molecular flexibility index (Phi) is 4.51. The molecule has 0 radical (unpaired) electrons. The van der Waals surface area contributed by atoms with Crippen molar-refractivity contribution in [2.45, 2.75) is 53.1 Å². The zero-order valence-corrected chi connectivity index (χ0v) is 13.0. The highest BCUT2D eigenvalue weighted by molar-refractivity contribution is 5.57. The molecule has 1 aliphatic heterocycles. The Morgan fingerprint density at radius 3 is 2.68 bits per heavy atom. The number of hydrogen-bond acceptors (Lipinski definition) is 2. The maximum atomic E-state index is 3.64. The molecule has 1 N–H and O–H groups in total. The Hall–Kier alpha value is -1.02. The molecule has 2 heteroatoms. The SMILES string of the molecule is CCNC1CCN(c2cccc(C)c2C)C(C)C1C. The first-order chi connectivity index (χ1) is 9.06. The highest BCUT2D eigenvalue weighted by atomic mass is 15.2. The Labute approximate surface area is 118 Å². The lowest BCUT2D eigenvalue weighted by molar-refractivity contribution is 0.274. The Morgan fingerprint density at radius 2 is 2.00 bits per heavy atom. The molecular formula is C17H28N2. The van der Waals surface area contributed by atoms with Crippen LogP contribution < -0.4 is 10.2 Å². The second-order valence-electron chi connectivity index (χ2n) is 5.96. The van der Waals surface area contributed by atoms with Gasteiger partial charge in [0.25, 0.3) is 0 Å². The summed E-state index contributed by atoms with van der Waals surface area (Å²) in [6.07, 6.45) is 1.24. The summed E-state index contributed by atoms with van der Waals surface area (Å²) < 4.78 is 0. The van der Waals surface area contributed by atoms with Gasteiger partial charge in [-0.1, -0.05) is 26.0 Å². The minimum absolute atomic E-state index is 0.596. The summed E-state index contributed by atoms with van der Waals surface area (Å²) in [5.74, 6) is 0.689. The zero-order chi connectivity index (χ0) is 14.0. The third kappa shape index (κ3) is 2.79. The van der Waals surface area contributed by atoms with E-state index in [0.717, 1.165) is 13.1 Å². The lowest BCUT2D eigenvalue weighted by Crippen LogP contribution is -2.53. The molecule has 1 heterocycles. The molecule has 0 aromatic heterocycles. The molecule has 0 spiro atoms. The van der Waals surface area contributed by atoms with Crippen LogP contribution in [-0.2, 0) is 0 Å². The van der Waals surface area contributed by atoms with Gasteiger partial charge in [-0.15, -0.1) is 0 Å². The van der Waals surface area contributed by atoms with Crippen molar-refractivity contribution in [3.63, 3.8) is 0 Å². The van der Waals surface area contributed by atoms with Crippen molar-refractivity contribution in [1.29, 1.82) is 0 Å². The fraction of sp³-hybridized carbons (Fsp3) is 0.647. The van der Waals surface area contributed by atoms with Gasteiger partial charge >= 0.3 is 0 Å². The van der Waals surface area contributed by atoms with E-state index in [1.807, 2.05) is 0 Å². The Morgan fingerprint density at radius 1 is 1.26 bits per heavy atom. The molecule has 0 amide bonds. The van der Waals surface area contributed by atoms with Crippen LogP contribution in [-0.4, -0.2) is 25.2 Å². The molecule has 1 aromatic rings. The minimum atomic E-state index is 0.596. The lowest BCUT2D eigenvalue weighted by atomic mass is 9.86. The van der Waals surface area contributed by atoms with Gasteiger partial charge in [-0.3, -0.25) is 0 Å². The number of anilines is 1. The number of rotatable bonds is 3. The number of aryl methyl sites for hydroxylation is 1. The number of benzene rings is 1. The standard InChI is InChI=1S/C17H28N2/c1-6-18-16-10-11-19(15(5)14(16)4)17-9-7-8-12(2)13(17)3/h7-9,14-16,18H,6,10-11H2,1-5H3. The second kappa shape index (κ2) is 5.96. The highest BCUT2D eigenvalue weighted by Gasteiger charge is 2.32. The molecule has 3 atom stereocenters. The molecule has 0 saturated carbocycles. The van der Waals surface area contributed by atoms with Crippen molar-refractivity contribution in [3.05, 3.63) is 29.3 Å². The van der Waals surface area contributed by atoms with Gasteiger partial charge in [0.2, 0.25) is 0 Å². The normalized spacial score (nSPS) is 27.6. The van der Waals surface area contributed by atoms with Gasteiger partial charge in [0.05, 0.1) is 0 Å². The van der Waals surface area contributed by atoms with Crippen LogP contribution in [0.1, 0.15) is 38.3 Å². The first-order valence-electron chi connectivity index (χ1n) is 7.62. The largest absolute Gasteiger partial charge is 0.368 e. The fourth-order valence-corrected chi connectivity index (χ4v) is 3.30. The summed E-state index contributed by atoms with van der Waals surface area (Å²) in [6, 6.07) is 7.93. The number of piperidine rings is 1. The Balaban J connectivity index is 2.21. The van der Waals surface area contributed by atoms with Gasteiger partial charge in [-0.25, -0.2) is 0 Å². The maximum Gasteiger partial charge on any atom is 0.0401 e. The summed E-state index contributed by atoms with van der Waals surface area (Å²) in [6.45, 7) is 13.6. The lowest BCUT2D eigenvalue weighted by Gasteiger charge is -2.45. The number of nitrogens with zero attached hydrogens (tertiary/aromatic N) is 1. The van der Waals surface area contributed by atoms with Gasteiger partial charge in [0.1, 0.15) is 0 Å². The van der Waals surface area contributed by atoms with E-state index in [2.05, 4.69) is 63.0 Å². The molecule has 1 saturated heterocycles. The molecule has 19 heavy (non-hydrogen) atoms. The van der Waals surface area contributed by atoms with Crippen LogP contribution in [0.15, 0.2) is 18.2 Å². The summed E-state index contributed by atoms with van der Waals surface area (Å²) >= 11 is 0. The monoisotopic (exact) mass is 260 g/mol. The van der Waals surface area contributed by atoms with Crippen molar-refractivity contribution < 1.29 is 0 Å². The van der Waals surface area contributed by atoms with Crippen LogP contribution in [0.2, 0.25) is 0 Å². The average molecular weight is 260 g/mol. The maximum absolute atomic E-state index is 3.64. The molecule has 0 aliphatic carbocycles. The van der Waals surface area contributed by atoms with Gasteiger partial charge in [0.15, 0.2) is 0 Å². The number of nitrogens with one attached hydrogen (secondary N) is 1. The van der Waals surface area contributed by atoms with E-state index in [1.54, 1.807) is 0 Å². The van der Waals surface area contributed by atoms with Crippen molar-refractivity contribution in [2.24, 2.45) is 5.92 Å². The summed E-state index contributed by atoms with van der Waals surface area (Å²) in [5.41, 5.74) is 4.25. The molecule has 0 bridgehead atoms. The van der Waals surface area contributed by atoms with Crippen molar-refractivity contribution >= 4 is 5.69 Å². The highest BCUT2D eigenvalue weighted by Crippen LogP contribution is 2.31. The molecule has 3 unspecified atom stereocenters. The van der Waals surface area contributed by atoms with Crippen molar-refractivity contribution in [2.75, 3.05) is 18.0 Å². The quantitative estimate of drug-likeness (QED) is 0.894. The second-order valence-corrected chi connectivity index (χ2v) is 5.96. The molecule has 106 valence electrons. The van der Waals surface area contributed by atoms with Crippen LogP contribution in [0.4, 0.5) is 5.69 Å². The van der Waals surface area contributed by atoms with E-state index < -0.39 is 0 Å². The van der Waals surface area contributed by atoms with E-state index in [1.165, 1.54) is 23.2 Å². The van der Waals surface area contributed by atoms with E-state index >= 15 is 0 Å². The van der Waals surface area contributed by atoms with Crippen LogP contribution in [0.3, 0.4) is 0 Å². The molecular weight excluding hydrogens is 232 g/mol. The summed E-state index contributed by atoms with van der Waals surface area (Å²) in [4.78, 5) is 2.60. The predicted molar refractivity (Wildman–Crippen MR) is 84.0 cm³/mol. The number of hydrogen-bond donors (Lipinski definition) is 1. The predicted octanol–water partition coefficient (Wildman–Crippen LogP) is 3.52. The fourth-order valence-electron chi connectivity index (χ4n) is 3.30. The summed E-state index contributed by atoms with van der Waals surface area (Å²) in [5, 5.41) is 3.64. The Bertz CT molecular complexity index is 427. The zero-order valence-electron chi connectivity index (χ0n) is 13.0. The average Bonchev–Trinajstić information content (AvgIpc) is 2.39. The van der Waals surface area contributed by atoms with E-state index in [0.29, 0.717) is 18.0 Å². The third-order valence-corrected chi connectivity index (χ3v) is 4.92. The van der Waals surface area contributed by atoms with Crippen LogP contribution >= 0.6 is 0 Å². The smallest absolute Gasteiger partial charge is 0.0401 e. The first-order valence-corrected chi connectivity index (χ1v) is 7.62. The van der Waals surface area contributed by atoms with Crippen LogP contribution in [0.5, 0.6) is 0 Å². The van der Waals surface area contributed by atoms with Gasteiger partial charge in [-0.05, 0) is 56.8 Å². The van der Waals surface area contributed by atoms with Crippen molar-refractivity contribution in [1.82, 2.24) is 5.32 Å². The van der Waals surface area contributed by atoms with Gasteiger partial charge < -0.3 is 10.2 Å². The molecule has 1 aliphatic rings. The molecule has 1 fully saturated rings. The van der Waals surface area contributed by atoms with Crippen molar-refractivity contribution in [3.8, 4) is 0 Å². The summed E-state index contributed by atoms with van der Waals surface area (Å²) in [7, 11) is 0. The van der Waals surface area contributed by atoms with Crippen LogP contribution in [0, 0.1) is 19.8 Å². The van der Waals surface area contributed by atoms with E-state index in [9.17, 15) is 0 Å². The topological polar surface area (TPSA) is 15.3 Å². The van der Waals surface area contributed by atoms with E-state index in [4.69, 9.17) is 0 Å². The van der Waals surface area contributed by atoms with E-state index in [-0.39, 0.29) is 0 Å². The van der Waals surface area contributed by atoms with Gasteiger partial charge in [-0.2, -0.15) is 0 Å². The molecule has 1 aromatic carbocycles.